The summed E-state index contributed by atoms with van der Waals surface area (Å²) >= 11 is 6.01. The molecule has 0 N–H and O–H groups in total. The van der Waals surface area contributed by atoms with Crippen LogP contribution in [0.25, 0.3) is 22.9 Å². The maximum Gasteiger partial charge on any atom is 0.248 e. The molecule has 0 bridgehead atoms. The molecule has 4 nitrogen and oxygen atoms in total. The summed E-state index contributed by atoms with van der Waals surface area (Å²) in [5.74, 6) is 1.07. The average Bonchev–Trinajstić information content (AvgIpc) is 3.19. The van der Waals surface area contributed by atoms with E-state index < -0.39 is 5.82 Å². The molecule has 0 radical (unpaired) electrons. The molecule has 0 spiro atoms. The SMILES string of the molecule is Fc1cccc(Cl)c1COc1ccc(-c2nnc(-c3ccccc3)o2)cc1. The van der Waals surface area contributed by atoms with Crippen LogP contribution in [0.15, 0.2) is 77.2 Å². The topological polar surface area (TPSA) is 48.2 Å². The highest BCUT2D eigenvalue weighted by Crippen LogP contribution is 2.26. The molecule has 4 aromatic rings. The fraction of sp³-hybridized carbons (Fsp3) is 0.0476. The van der Waals surface area contributed by atoms with Gasteiger partial charge < -0.3 is 9.15 Å². The van der Waals surface area contributed by atoms with Crippen LogP contribution in [-0.2, 0) is 6.61 Å². The van der Waals surface area contributed by atoms with E-state index in [4.69, 9.17) is 20.8 Å². The molecule has 0 atom stereocenters. The third-order valence-electron chi connectivity index (χ3n) is 3.99. The third-order valence-corrected chi connectivity index (χ3v) is 4.35. The number of benzene rings is 3. The lowest BCUT2D eigenvalue weighted by atomic mass is 10.2. The average molecular weight is 381 g/mol. The molecule has 1 aromatic heterocycles. The first-order valence-electron chi connectivity index (χ1n) is 8.26. The van der Waals surface area contributed by atoms with Crippen LogP contribution in [0.1, 0.15) is 5.56 Å². The minimum absolute atomic E-state index is 0.0452. The van der Waals surface area contributed by atoms with Crippen molar-refractivity contribution in [3.63, 3.8) is 0 Å². The van der Waals surface area contributed by atoms with Gasteiger partial charge in [0.1, 0.15) is 18.2 Å². The van der Waals surface area contributed by atoms with Gasteiger partial charge in [-0.2, -0.15) is 0 Å². The molecule has 0 saturated heterocycles. The first kappa shape index (κ1) is 17.2. The minimum Gasteiger partial charge on any atom is -0.489 e. The van der Waals surface area contributed by atoms with Gasteiger partial charge in [0.05, 0.1) is 5.02 Å². The first-order chi connectivity index (χ1) is 13.2. The van der Waals surface area contributed by atoms with Gasteiger partial charge in [0.2, 0.25) is 11.8 Å². The summed E-state index contributed by atoms with van der Waals surface area (Å²) < 4.78 is 25.1. The maximum atomic E-state index is 13.8. The van der Waals surface area contributed by atoms with Crippen molar-refractivity contribution < 1.29 is 13.5 Å². The highest BCUT2D eigenvalue weighted by Gasteiger charge is 2.11. The molecule has 0 aliphatic carbocycles. The van der Waals surface area contributed by atoms with E-state index in [9.17, 15) is 4.39 Å². The molecule has 1 heterocycles. The molecule has 3 aromatic carbocycles. The van der Waals surface area contributed by atoms with Crippen LogP contribution in [-0.4, -0.2) is 10.2 Å². The van der Waals surface area contributed by atoms with E-state index in [1.54, 1.807) is 36.4 Å². The predicted molar refractivity (Wildman–Crippen MR) is 101 cm³/mol. The molecule has 0 amide bonds. The minimum atomic E-state index is -0.390. The van der Waals surface area contributed by atoms with Gasteiger partial charge in [0, 0.05) is 16.7 Å². The molecule has 0 saturated carbocycles. The summed E-state index contributed by atoms with van der Waals surface area (Å²) in [7, 11) is 0. The van der Waals surface area contributed by atoms with Crippen LogP contribution in [0.2, 0.25) is 5.02 Å². The predicted octanol–water partition coefficient (Wildman–Crippen LogP) is 5.78. The van der Waals surface area contributed by atoms with Crippen molar-refractivity contribution in [1.82, 2.24) is 10.2 Å². The highest BCUT2D eigenvalue weighted by molar-refractivity contribution is 6.31. The normalized spacial score (nSPS) is 10.7. The van der Waals surface area contributed by atoms with Gasteiger partial charge in [-0.15, -0.1) is 10.2 Å². The monoisotopic (exact) mass is 380 g/mol. The fourth-order valence-electron chi connectivity index (χ4n) is 2.56. The van der Waals surface area contributed by atoms with Gasteiger partial charge in [0.25, 0.3) is 0 Å². The van der Waals surface area contributed by atoms with Gasteiger partial charge in [-0.25, -0.2) is 4.39 Å². The van der Waals surface area contributed by atoms with Gasteiger partial charge in [-0.3, -0.25) is 0 Å². The van der Waals surface area contributed by atoms with E-state index in [1.807, 2.05) is 30.3 Å². The van der Waals surface area contributed by atoms with Gasteiger partial charge in [-0.05, 0) is 48.5 Å². The quantitative estimate of drug-likeness (QED) is 0.440. The Morgan fingerprint density at radius 2 is 1.48 bits per heavy atom. The number of aromatic nitrogens is 2. The van der Waals surface area contributed by atoms with Crippen LogP contribution in [0.4, 0.5) is 4.39 Å². The Hall–Kier alpha value is -3.18. The van der Waals surface area contributed by atoms with Crippen LogP contribution in [0.3, 0.4) is 0 Å². The van der Waals surface area contributed by atoms with Crippen molar-refractivity contribution in [2.24, 2.45) is 0 Å². The molecule has 0 fully saturated rings. The molecule has 0 unspecified atom stereocenters. The van der Waals surface area contributed by atoms with Gasteiger partial charge in [-0.1, -0.05) is 35.9 Å². The van der Waals surface area contributed by atoms with Crippen molar-refractivity contribution >= 4 is 11.6 Å². The number of ether oxygens (including phenoxy) is 1. The zero-order valence-corrected chi connectivity index (χ0v) is 14.9. The van der Waals surface area contributed by atoms with E-state index in [0.29, 0.717) is 28.1 Å². The Balaban J connectivity index is 1.47. The van der Waals surface area contributed by atoms with Gasteiger partial charge >= 0.3 is 0 Å². The third kappa shape index (κ3) is 3.83. The van der Waals surface area contributed by atoms with E-state index >= 15 is 0 Å². The van der Waals surface area contributed by atoms with Crippen LogP contribution < -0.4 is 4.74 Å². The molecule has 0 aliphatic heterocycles. The highest BCUT2D eigenvalue weighted by atomic mass is 35.5. The number of nitrogens with zero attached hydrogens (tertiary/aromatic N) is 2. The fourth-order valence-corrected chi connectivity index (χ4v) is 2.77. The largest absolute Gasteiger partial charge is 0.489 e. The lowest BCUT2D eigenvalue weighted by molar-refractivity contribution is 0.300. The summed E-state index contributed by atoms with van der Waals surface area (Å²) in [5, 5.41) is 8.50. The summed E-state index contributed by atoms with van der Waals surface area (Å²) in [6.45, 7) is 0.0452. The zero-order valence-electron chi connectivity index (χ0n) is 14.1. The molecular weight excluding hydrogens is 367 g/mol. The van der Waals surface area contributed by atoms with Crippen LogP contribution in [0.5, 0.6) is 5.75 Å². The lowest BCUT2D eigenvalue weighted by Gasteiger charge is -2.09. The Bertz CT molecular complexity index is 1030. The van der Waals surface area contributed by atoms with Gasteiger partial charge in [0.15, 0.2) is 0 Å². The van der Waals surface area contributed by atoms with Crippen molar-refractivity contribution in [2.45, 2.75) is 6.61 Å². The second kappa shape index (κ2) is 7.60. The smallest absolute Gasteiger partial charge is 0.248 e. The number of halogens is 2. The standard InChI is InChI=1S/C21H14ClFN2O2/c22-18-7-4-8-19(23)17(18)13-26-16-11-9-15(10-12-16)21-25-24-20(27-21)14-5-2-1-3-6-14/h1-12H,13H2. The molecule has 27 heavy (non-hydrogen) atoms. The number of rotatable bonds is 5. The van der Waals surface area contributed by atoms with Crippen molar-refractivity contribution in [1.29, 1.82) is 0 Å². The second-order valence-electron chi connectivity index (χ2n) is 5.79. The summed E-state index contributed by atoms with van der Waals surface area (Å²) in [6, 6.07) is 21.2. The maximum absolute atomic E-state index is 13.8. The number of hydrogen-bond acceptors (Lipinski definition) is 4. The van der Waals surface area contributed by atoms with E-state index in [1.165, 1.54) is 6.07 Å². The summed E-state index contributed by atoms with van der Waals surface area (Å²) in [5.41, 5.74) is 1.95. The lowest BCUT2D eigenvalue weighted by Crippen LogP contribution is -1.99. The molecule has 134 valence electrons. The second-order valence-corrected chi connectivity index (χ2v) is 6.20. The van der Waals surface area contributed by atoms with E-state index in [-0.39, 0.29) is 6.61 Å². The van der Waals surface area contributed by atoms with Crippen molar-refractivity contribution in [3.05, 3.63) is 89.2 Å². The van der Waals surface area contributed by atoms with Crippen LogP contribution >= 0.6 is 11.6 Å². The molecule has 4 rings (SSSR count). The van der Waals surface area contributed by atoms with Crippen molar-refractivity contribution in [3.8, 4) is 28.7 Å². The summed E-state index contributed by atoms with van der Waals surface area (Å²) in [6.07, 6.45) is 0. The molecule has 6 heteroatoms. The Labute approximate surface area is 160 Å². The van der Waals surface area contributed by atoms with Crippen LogP contribution in [0, 0.1) is 5.82 Å². The zero-order chi connectivity index (χ0) is 18.6. The van der Waals surface area contributed by atoms with E-state index in [0.717, 1.165) is 11.1 Å². The molecule has 0 aliphatic rings. The number of hydrogen-bond donors (Lipinski definition) is 0. The Kier molecular flexibility index (Phi) is 4.85. The first-order valence-corrected chi connectivity index (χ1v) is 8.63. The summed E-state index contributed by atoms with van der Waals surface area (Å²) in [4.78, 5) is 0. The van der Waals surface area contributed by atoms with Crippen molar-refractivity contribution in [2.75, 3.05) is 0 Å². The van der Waals surface area contributed by atoms with E-state index in [2.05, 4.69) is 10.2 Å². The Morgan fingerprint density at radius 3 is 2.15 bits per heavy atom. The molecular formula is C21H14ClFN2O2. The Morgan fingerprint density at radius 1 is 0.815 bits per heavy atom.